The molecule has 0 aromatic rings. The first-order valence-corrected chi connectivity index (χ1v) is 3.41. The van der Waals surface area contributed by atoms with Gasteiger partial charge in [-0.15, -0.1) is 17.0 Å². The number of hydrogen-bond donors (Lipinski definition) is 0. The molecule has 0 N–H and O–H groups in total. The Morgan fingerprint density at radius 2 is 2.30 bits per heavy atom. The molecule has 0 spiro atoms. The smallest absolute Gasteiger partial charge is 0.0383 e. The lowest BCUT2D eigenvalue weighted by atomic mass is 10.2. The van der Waals surface area contributed by atoms with E-state index in [4.69, 9.17) is 0 Å². The number of rotatable bonds is 1. The summed E-state index contributed by atoms with van der Waals surface area (Å²) in [6, 6.07) is 0. The summed E-state index contributed by atoms with van der Waals surface area (Å²) < 4.78 is 0. The van der Waals surface area contributed by atoms with Crippen LogP contribution in [0.3, 0.4) is 0 Å². The molecule has 1 nitrogen and oxygen atoms in total. The third kappa shape index (κ3) is 2.56. The molecular formula is C8H14BrN. The van der Waals surface area contributed by atoms with Crippen LogP contribution in [0.2, 0.25) is 0 Å². The molecule has 0 unspecified atom stereocenters. The number of allylic oxidation sites excluding steroid dienone is 2. The van der Waals surface area contributed by atoms with Crippen LogP contribution in [-0.4, -0.2) is 18.0 Å². The minimum absolute atomic E-state index is 0. The van der Waals surface area contributed by atoms with Crippen molar-refractivity contribution >= 4 is 17.0 Å². The van der Waals surface area contributed by atoms with Crippen molar-refractivity contribution in [3.63, 3.8) is 0 Å². The zero-order chi connectivity index (χ0) is 6.69. The average Bonchev–Trinajstić information content (AvgIpc) is 1.88. The Kier molecular flexibility index (Phi) is 4.45. The molecule has 1 aliphatic heterocycles. The first-order valence-electron chi connectivity index (χ1n) is 3.41. The third-order valence-electron chi connectivity index (χ3n) is 1.54. The van der Waals surface area contributed by atoms with Gasteiger partial charge in [0, 0.05) is 13.1 Å². The molecule has 0 aromatic carbocycles. The molecule has 0 saturated heterocycles. The van der Waals surface area contributed by atoms with Gasteiger partial charge in [0.15, 0.2) is 0 Å². The fourth-order valence-electron chi connectivity index (χ4n) is 0.972. The van der Waals surface area contributed by atoms with E-state index in [0.29, 0.717) is 0 Å². The molecule has 0 saturated carbocycles. The summed E-state index contributed by atoms with van der Waals surface area (Å²) in [5.41, 5.74) is 1.44. The van der Waals surface area contributed by atoms with Gasteiger partial charge in [-0.25, -0.2) is 0 Å². The van der Waals surface area contributed by atoms with Crippen LogP contribution < -0.4 is 0 Å². The van der Waals surface area contributed by atoms with Crippen LogP contribution in [0.5, 0.6) is 0 Å². The van der Waals surface area contributed by atoms with Crippen LogP contribution in [0.4, 0.5) is 0 Å². The van der Waals surface area contributed by atoms with Crippen molar-refractivity contribution in [2.75, 3.05) is 13.1 Å². The highest BCUT2D eigenvalue weighted by atomic mass is 79.9. The number of halogens is 1. The van der Waals surface area contributed by atoms with Gasteiger partial charge in [-0.1, -0.05) is 11.6 Å². The molecule has 0 aliphatic carbocycles. The minimum Gasteiger partial charge on any atom is -0.374 e. The molecule has 58 valence electrons. The van der Waals surface area contributed by atoms with Gasteiger partial charge in [0.1, 0.15) is 0 Å². The quantitative estimate of drug-likeness (QED) is 0.633. The second-order valence-corrected chi connectivity index (χ2v) is 2.42. The monoisotopic (exact) mass is 203 g/mol. The maximum atomic E-state index is 2.29. The van der Waals surface area contributed by atoms with E-state index in [9.17, 15) is 0 Å². The first kappa shape index (κ1) is 9.76. The highest BCUT2D eigenvalue weighted by molar-refractivity contribution is 8.93. The van der Waals surface area contributed by atoms with Crippen molar-refractivity contribution in [3.05, 3.63) is 23.9 Å². The Balaban J connectivity index is 0.000000810. The summed E-state index contributed by atoms with van der Waals surface area (Å²) in [6.45, 7) is 6.55. The topological polar surface area (TPSA) is 3.24 Å². The Morgan fingerprint density at radius 1 is 1.60 bits per heavy atom. The molecule has 10 heavy (non-hydrogen) atoms. The van der Waals surface area contributed by atoms with Crippen molar-refractivity contribution in [1.29, 1.82) is 0 Å². The molecule has 0 amide bonds. The van der Waals surface area contributed by atoms with Gasteiger partial charge >= 0.3 is 0 Å². The molecule has 1 heterocycles. The second kappa shape index (κ2) is 4.56. The SMILES string of the molecule is Br.CCN1C=CC=C(C)C1. The Hall–Kier alpha value is -0.240. The predicted octanol–water partition coefficient (Wildman–Crippen LogP) is 2.36. The van der Waals surface area contributed by atoms with E-state index in [1.54, 1.807) is 0 Å². The van der Waals surface area contributed by atoms with E-state index < -0.39 is 0 Å². The van der Waals surface area contributed by atoms with E-state index >= 15 is 0 Å². The summed E-state index contributed by atoms with van der Waals surface area (Å²) in [6.07, 6.45) is 6.39. The maximum Gasteiger partial charge on any atom is 0.0383 e. The van der Waals surface area contributed by atoms with E-state index in [1.165, 1.54) is 5.57 Å². The van der Waals surface area contributed by atoms with Gasteiger partial charge in [-0.2, -0.15) is 0 Å². The molecule has 2 heteroatoms. The molecular weight excluding hydrogens is 190 g/mol. The van der Waals surface area contributed by atoms with Gasteiger partial charge in [0.25, 0.3) is 0 Å². The van der Waals surface area contributed by atoms with Crippen molar-refractivity contribution in [3.8, 4) is 0 Å². The molecule has 0 fully saturated rings. The average molecular weight is 204 g/mol. The van der Waals surface area contributed by atoms with Crippen LogP contribution in [0.25, 0.3) is 0 Å². The maximum absolute atomic E-state index is 2.29. The molecule has 0 atom stereocenters. The zero-order valence-corrected chi connectivity index (χ0v) is 8.21. The van der Waals surface area contributed by atoms with Gasteiger partial charge in [-0.3, -0.25) is 0 Å². The van der Waals surface area contributed by atoms with Crippen molar-refractivity contribution in [2.24, 2.45) is 0 Å². The summed E-state index contributed by atoms with van der Waals surface area (Å²) in [5.74, 6) is 0. The lowest BCUT2D eigenvalue weighted by Crippen LogP contribution is -2.20. The Labute approximate surface area is 73.2 Å². The standard InChI is InChI=1S/C8H13N.BrH/c1-3-9-6-4-5-8(2)7-9;/h4-6H,3,7H2,1-2H3;1H. The third-order valence-corrected chi connectivity index (χ3v) is 1.54. The highest BCUT2D eigenvalue weighted by Crippen LogP contribution is 2.04. The summed E-state index contributed by atoms with van der Waals surface area (Å²) in [5, 5.41) is 0. The Morgan fingerprint density at radius 3 is 2.70 bits per heavy atom. The van der Waals surface area contributed by atoms with E-state index in [-0.39, 0.29) is 17.0 Å². The van der Waals surface area contributed by atoms with Crippen LogP contribution >= 0.6 is 17.0 Å². The minimum atomic E-state index is 0. The van der Waals surface area contributed by atoms with E-state index in [0.717, 1.165) is 13.1 Å². The fourth-order valence-corrected chi connectivity index (χ4v) is 0.972. The fraction of sp³-hybridized carbons (Fsp3) is 0.500. The van der Waals surface area contributed by atoms with Crippen molar-refractivity contribution < 1.29 is 0 Å². The van der Waals surface area contributed by atoms with Crippen LogP contribution in [0.15, 0.2) is 23.9 Å². The first-order chi connectivity index (χ1) is 4.33. The summed E-state index contributed by atoms with van der Waals surface area (Å²) in [7, 11) is 0. The largest absolute Gasteiger partial charge is 0.374 e. The lowest BCUT2D eigenvalue weighted by Gasteiger charge is -2.20. The van der Waals surface area contributed by atoms with E-state index in [1.807, 2.05) is 0 Å². The van der Waals surface area contributed by atoms with Gasteiger partial charge in [0.2, 0.25) is 0 Å². The van der Waals surface area contributed by atoms with E-state index in [2.05, 4.69) is 37.1 Å². The summed E-state index contributed by atoms with van der Waals surface area (Å²) in [4.78, 5) is 2.29. The number of nitrogens with zero attached hydrogens (tertiary/aromatic N) is 1. The van der Waals surface area contributed by atoms with Gasteiger partial charge in [0.05, 0.1) is 0 Å². The lowest BCUT2D eigenvalue weighted by molar-refractivity contribution is 0.425. The number of hydrogen-bond acceptors (Lipinski definition) is 1. The number of likely N-dealkylation sites (N-methyl/N-ethyl adjacent to an activating group) is 1. The second-order valence-electron chi connectivity index (χ2n) is 2.42. The molecule has 1 rings (SSSR count). The molecule has 0 radical (unpaired) electrons. The van der Waals surface area contributed by atoms with Gasteiger partial charge in [-0.05, 0) is 26.1 Å². The van der Waals surface area contributed by atoms with Crippen LogP contribution in [0, 0.1) is 0 Å². The molecule has 0 aromatic heterocycles. The summed E-state index contributed by atoms with van der Waals surface area (Å²) >= 11 is 0. The van der Waals surface area contributed by atoms with Crippen molar-refractivity contribution in [1.82, 2.24) is 4.90 Å². The normalized spacial score (nSPS) is 16.2. The zero-order valence-electron chi connectivity index (χ0n) is 6.50. The highest BCUT2D eigenvalue weighted by Gasteiger charge is 1.98. The molecule has 1 aliphatic rings. The van der Waals surface area contributed by atoms with Gasteiger partial charge < -0.3 is 4.90 Å². The van der Waals surface area contributed by atoms with Crippen molar-refractivity contribution in [2.45, 2.75) is 13.8 Å². The Bertz CT molecular complexity index is 149. The molecule has 0 bridgehead atoms. The van der Waals surface area contributed by atoms with Crippen LogP contribution in [-0.2, 0) is 0 Å². The predicted molar refractivity (Wildman–Crippen MR) is 50.5 cm³/mol. The van der Waals surface area contributed by atoms with Crippen LogP contribution in [0.1, 0.15) is 13.8 Å².